The van der Waals surface area contributed by atoms with Gasteiger partial charge in [-0.25, -0.2) is 4.39 Å². The Bertz CT molecular complexity index is 1010. The number of halogens is 3. The Morgan fingerprint density at radius 1 is 1.13 bits per heavy atom. The van der Waals surface area contributed by atoms with Gasteiger partial charge in [0.05, 0.1) is 10.5 Å². The second-order valence-corrected chi connectivity index (χ2v) is 6.98. The third-order valence-corrected chi connectivity index (χ3v) is 4.94. The van der Waals surface area contributed by atoms with Gasteiger partial charge in [-0.3, -0.25) is 19.3 Å². The number of para-hydroxylation sites is 1. The molecule has 30 heavy (non-hydrogen) atoms. The van der Waals surface area contributed by atoms with Crippen molar-refractivity contribution in [2.75, 3.05) is 13.1 Å². The summed E-state index contributed by atoms with van der Waals surface area (Å²) in [6, 6.07) is 11.3. The monoisotopic (exact) mass is 436 g/mol. The molecule has 6 nitrogen and oxygen atoms in total. The number of hydrogen-bond acceptors (Lipinski definition) is 5. The van der Waals surface area contributed by atoms with Crippen LogP contribution in [0.15, 0.2) is 53.4 Å². The van der Waals surface area contributed by atoms with Gasteiger partial charge < -0.3 is 10.1 Å². The van der Waals surface area contributed by atoms with E-state index in [0.29, 0.717) is 11.8 Å². The number of nitrogens with one attached hydrogen (secondary N) is 1. The Hall–Kier alpha value is -3.27. The molecule has 1 N–H and O–H groups in total. The Morgan fingerprint density at radius 3 is 2.57 bits per heavy atom. The zero-order valence-corrected chi connectivity index (χ0v) is 16.1. The van der Waals surface area contributed by atoms with Crippen molar-refractivity contribution in [3.8, 4) is 5.75 Å². The summed E-state index contributed by atoms with van der Waals surface area (Å²) in [7, 11) is 0. The van der Waals surface area contributed by atoms with E-state index in [2.05, 4.69) is 10.1 Å². The molecule has 0 aliphatic carbocycles. The number of nitrogens with zero attached hydrogens (tertiary/aromatic N) is 1. The number of imide groups is 1. The molecule has 0 saturated carbocycles. The van der Waals surface area contributed by atoms with E-state index in [-0.39, 0.29) is 34.9 Å². The number of amides is 3. The average Bonchev–Trinajstić information content (AvgIpc) is 2.97. The Kier molecular flexibility index (Phi) is 6.78. The molecule has 156 valence electrons. The van der Waals surface area contributed by atoms with Gasteiger partial charge in [0.1, 0.15) is 11.6 Å². The molecule has 2 aromatic rings. The van der Waals surface area contributed by atoms with E-state index < -0.39 is 29.5 Å². The van der Waals surface area contributed by atoms with E-state index in [0.717, 1.165) is 4.90 Å². The molecule has 1 heterocycles. The lowest BCUT2D eigenvalue weighted by molar-refractivity contribution is -0.122. The number of ether oxygens (including phenoxy) is 1. The van der Waals surface area contributed by atoms with Crippen molar-refractivity contribution >= 4 is 34.9 Å². The standard InChI is InChI=1S/C20H15F3N2O4S/c21-14-7-3-1-5-12(14)11-16-18(27)25(20(28)30-16)10-9-24-17(26)13-6-2-4-8-15(13)29-19(22)23/h1-8,11,19H,9-10H2,(H,24,26). The van der Waals surface area contributed by atoms with Crippen LogP contribution in [-0.2, 0) is 4.79 Å². The maximum Gasteiger partial charge on any atom is 0.387 e. The highest BCUT2D eigenvalue weighted by Crippen LogP contribution is 2.32. The summed E-state index contributed by atoms with van der Waals surface area (Å²) in [6.07, 6.45) is 1.29. The summed E-state index contributed by atoms with van der Waals surface area (Å²) in [4.78, 5) is 37.8. The van der Waals surface area contributed by atoms with Gasteiger partial charge in [0.15, 0.2) is 0 Å². The SMILES string of the molecule is O=C(NCCN1C(=O)SC(=Cc2ccccc2F)C1=O)c1ccccc1OC(F)F. The fourth-order valence-electron chi connectivity index (χ4n) is 2.66. The number of carbonyl (C=O) groups excluding carboxylic acids is 3. The highest BCUT2D eigenvalue weighted by molar-refractivity contribution is 8.18. The fourth-order valence-corrected chi connectivity index (χ4v) is 3.51. The molecular weight excluding hydrogens is 421 g/mol. The van der Waals surface area contributed by atoms with Crippen LogP contribution in [-0.4, -0.2) is 41.7 Å². The first kappa shape index (κ1) is 21.4. The van der Waals surface area contributed by atoms with E-state index in [4.69, 9.17) is 0 Å². The number of thioether (sulfide) groups is 1. The second-order valence-electron chi connectivity index (χ2n) is 5.99. The normalized spacial score (nSPS) is 15.2. The topological polar surface area (TPSA) is 75.7 Å². The first-order valence-corrected chi connectivity index (χ1v) is 9.50. The first-order chi connectivity index (χ1) is 14.4. The quantitative estimate of drug-likeness (QED) is 0.667. The van der Waals surface area contributed by atoms with Crippen molar-refractivity contribution < 1.29 is 32.3 Å². The van der Waals surface area contributed by atoms with Crippen LogP contribution >= 0.6 is 11.8 Å². The lowest BCUT2D eigenvalue weighted by Gasteiger charge is -2.14. The molecule has 1 fully saturated rings. The zero-order valence-electron chi connectivity index (χ0n) is 15.3. The van der Waals surface area contributed by atoms with Gasteiger partial charge >= 0.3 is 6.61 Å². The van der Waals surface area contributed by atoms with Gasteiger partial charge in [-0.15, -0.1) is 0 Å². The van der Waals surface area contributed by atoms with Gasteiger partial charge in [-0.05, 0) is 36.0 Å². The molecular formula is C20H15F3N2O4S. The first-order valence-electron chi connectivity index (χ1n) is 8.68. The van der Waals surface area contributed by atoms with Crippen LogP contribution in [0.25, 0.3) is 6.08 Å². The number of hydrogen-bond donors (Lipinski definition) is 1. The molecule has 0 radical (unpaired) electrons. The molecule has 0 bridgehead atoms. The lowest BCUT2D eigenvalue weighted by atomic mass is 10.2. The summed E-state index contributed by atoms with van der Waals surface area (Å²) >= 11 is 0.666. The minimum absolute atomic E-state index is 0.0621. The molecule has 0 spiro atoms. The van der Waals surface area contributed by atoms with Gasteiger partial charge in [0.2, 0.25) is 0 Å². The summed E-state index contributed by atoms with van der Waals surface area (Å²) in [5.74, 6) is -2.12. The van der Waals surface area contributed by atoms with Gasteiger partial charge in [0.25, 0.3) is 17.1 Å². The Morgan fingerprint density at radius 2 is 1.83 bits per heavy atom. The Labute approximate surface area is 173 Å². The Balaban J connectivity index is 1.62. The average molecular weight is 436 g/mol. The number of rotatable bonds is 7. The van der Waals surface area contributed by atoms with E-state index in [9.17, 15) is 27.6 Å². The van der Waals surface area contributed by atoms with Crippen molar-refractivity contribution in [3.63, 3.8) is 0 Å². The molecule has 3 amide bonds. The van der Waals surface area contributed by atoms with E-state index in [1.54, 1.807) is 6.07 Å². The third-order valence-electron chi connectivity index (χ3n) is 4.03. The van der Waals surface area contributed by atoms with Crippen LogP contribution < -0.4 is 10.1 Å². The van der Waals surface area contributed by atoms with Gasteiger partial charge in [0, 0.05) is 18.7 Å². The lowest BCUT2D eigenvalue weighted by Crippen LogP contribution is -2.37. The van der Waals surface area contributed by atoms with Crippen LogP contribution in [0.3, 0.4) is 0 Å². The van der Waals surface area contributed by atoms with Crippen LogP contribution in [0.2, 0.25) is 0 Å². The molecule has 1 aliphatic heterocycles. The molecule has 1 saturated heterocycles. The predicted octanol–water partition coefficient (Wildman–Crippen LogP) is 3.89. The molecule has 3 rings (SSSR count). The molecule has 1 aliphatic rings. The largest absolute Gasteiger partial charge is 0.434 e. The smallest absolute Gasteiger partial charge is 0.387 e. The maximum atomic E-state index is 13.8. The number of carbonyl (C=O) groups is 3. The molecule has 2 aromatic carbocycles. The van der Waals surface area contributed by atoms with Crippen molar-refractivity contribution in [3.05, 3.63) is 70.4 Å². The van der Waals surface area contributed by atoms with E-state index in [1.165, 1.54) is 48.5 Å². The van der Waals surface area contributed by atoms with Gasteiger partial charge in [-0.2, -0.15) is 8.78 Å². The van der Waals surface area contributed by atoms with Crippen LogP contribution in [0, 0.1) is 5.82 Å². The van der Waals surface area contributed by atoms with Crippen LogP contribution in [0.1, 0.15) is 15.9 Å². The fraction of sp³-hybridized carbons (Fsp3) is 0.150. The summed E-state index contributed by atoms with van der Waals surface area (Å²) in [5.41, 5.74) is 0.0679. The highest BCUT2D eigenvalue weighted by Gasteiger charge is 2.34. The zero-order chi connectivity index (χ0) is 21.7. The second kappa shape index (κ2) is 9.49. The van der Waals surface area contributed by atoms with E-state index >= 15 is 0 Å². The van der Waals surface area contributed by atoms with Crippen molar-refractivity contribution in [1.29, 1.82) is 0 Å². The van der Waals surface area contributed by atoms with Crippen molar-refractivity contribution in [1.82, 2.24) is 10.2 Å². The molecule has 0 atom stereocenters. The number of benzene rings is 2. The van der Waals surface area contributed by atoms with Crippen molar-refractivity contribution in [2.24, 2.45) is 0 Å². The summed E-state index contributed by atoms with van der Waals surface area (Å²) in [6.45, 7) is -3.33. The van der Waals surface area contributed by atoms with Crippen molar-refractivity contribution in [2.45, 2.75) is 6.61 Å². The molecule has 10 heteroatoms. The maximum absolute atomic E-state index is 13.8. The van der Waals surface area contributed by atoms with E-state index in [1.807, 2.05) is 0 Å². The summed E-state index contributed by atoms with van der Waals surface area (Å²) in [5, 5.41) is 1.90. The van der Waals surface area contributed by atoms with Crippen LogP contribution in [0.5, 0.6) is 5.75 Å². The summed E-state index contributed by atoms with van der Waals surface area (Å²) < 4.78 is 43.0. The van der Waals surface area contributed by atoms with Crippen LogP contribution in [0.4, 0.5) is 18.0 Å². The molecule has 0 unspecified atom stereocenters. The predicted molar refractivity (Wildman–Crippen MR) is 104 cm³/mol. The highest BCUT2D eigenvalue weighted by atomic mass is 32.2. The third kappa shape index (κ3) is 5.01. The minimum atomic E-state index is -3.09. The number of alkyl halides is 2. The minimum Gasteiger partial charge on any atom is -0.434 e. The molecule has 0 aromatic heterocycles. The van der Waals surface area contributed by atoms with Gasteiger partial charge in [-0.1, -0.05) is 30.3 Å².